The van der Waals surface area contributed by atoms with Crippen LogP contribution in [0.2, 0.25) is 0 Å². The van der Waals surface area contributed by atoms with Crippen molar-refractivity contribution in [2.45, 2.75) is 32.3 Å². The Morgan fingerprint density at radius 2 is 1.79 bits per heavy atom. The average molecular weight is 200 g/mol. The van der Waals surface area contributed by atoms with Gasteiger partial charge in [-0.15, -0.1) is 0 Å². The molecule has 0 saturated heterocycles. The van der Waals surface area contributed by atoms with Gasteiger partial charge >= 0.3 is 0 Å². The van der Waals surface area contributed by atoms with E-state index in [-0.39, 0.29) is 5.92 Å². The Morgan fingerprint density at radius 3 is 2.21 bits per heavy atom. The zero-order valence-electron chi connectivity index (χ0n) is 8.51. The lowest BCUT2D eigenvalue weighted by atomic mass is 9.86. The van der Waals surface area contributed by atoms with Crippen LogP contribution in [0.3, 0.4) is 0 Å². The van der Waals surface area contributed by atoms with Crippen molar-refractivity contribution in [1.29, 1.82) is 0 Å². The molecule has 0 amide bonds. The molecule has 14 heavy (non-hydrogen) atoms. The molecule has 1 atom stereocenters. The summed E-state index contributed by atoms with van der Waals surface area (Å²) in [6.45, 7) is 5.05. The maximum atomic E-state index is 12.9. The molecule has 1 aromatic rings. The first-order chi connectivity index (χ1) is 6.32. The lowest BCUT2D eigenvalue weighted by Gasteiger charge is -2.26. The molecule has 0 radical (unpaired) electrons. The molecule has 0 spiro atoms. The van der Waals surface area contributed by atoms with E-state index in [0.29, 0.717) is 5.56 Å². The van der Waals surface area contributed by atoms with Gasteiger partial charge in [-0.1, -0.05) is 13.0 Å². The summed E-state index contributed by atoms with van der Waals surface area (Å²) in [5.74, 6) is -1.98. The van der Waals surface area contributed by atoms with E-state index in [2.05, 4.69) is 0 Å². The molecule has 3 heteroatoms. The van der Waals surface area contributed by atoms with Crippen LogP contribution < -0.4 is 0 Å². The van der Waals surface area contributed by atoms with E-state index in [1.807, 2.05) is 0 Å². The maximum Gasteiger partial charge on any atom is 0.159 e. The molecule has 0 aromatic heterocycles. The standard InChI is InChI=1S/C11H14F2O/c1-7(11(2,3)14)8-4-5-9(12)10(13)6-8/h4-7,14H,1-3H3/t7-/m1/s1. The van der Waals surface area contributed by atoms with Gasteiger partial charge in [0, 0.05) is 5.92 Å². The fourth-order valence-corrected chi connectivity index (χ4v) is 1.19. The summed E-state index contributed by atoms with van der Waals surface area (Å²) >= 11 is 0. The molecule has 0 aliphatic rings. The summed E-state index contributed by atoms with van der Waals surface area (Å²) in [6.07, 6.45) is 0. The quantitative estimate of drug-likeness (QED) is 0.778. The smallest absolute Gasteiger partial charge is 0.159 e. The highest BCUT2D eigenvalue weighted by Crippen LogP contribution is 2.27. The number of benzene rings is 1. The fraction of sp³-hybridized carbons (Fsp3) is 0.455. The summed E-state index contributed by atoms with van der Waals surface area (Å²) in [4.78, 5) is 0. The van der Waals surface area contributed by atoms with Crippen LogP contribution in [-0.4, -0.2) is 10.7 Å². The number of aliphatic hydroxyl groups is 1. The van der Waals surface area contributed by atoms with Crippen LogP contribution in [0.15, 0.2) is 18.2 Å². The third-order valence-corrected chi connectivity index (χ3v) is 2.50. The number of rotatable bonds is 2. The summed E-state index contributed by atoms with van der Waals surface area (Å²) in [6, 6.07) is 3.69. The predicted molar refractivity (Wildman–Crippen MR) is 51.1 cm³/mol. The normalized spacial score (nSPS) is 14.1. The molecule has 0 bridgehead atoms. The van der Waals surface area contributed by atoms with Crippen molar-refractivity contribution < 1.29 is 13.9 Å². The minimum Gasteiger partial charge on any atom is -0.390 e. The second-order valence-corrected chi connectivity index (χ2v) is 4.05. The van der Waals surface area contributed by atoms with Crippen LogP contribution in [-0.2, 0) is 0 Å². The van der Waals surface area contributed by atoms with E-state index in [1.54, 1.807) is 20.8 Å². The molecular weight excluding hydrogens is 186 g/mol. The zero-order valence-corrected chi connectivity index (χ0v) is 8.51. The fourth-order valence-electron chi connectivity index (χ4n) is 1.19. The second kappa shape index (κ2) is 3.65. The average Bonchev–Trinajstić information content (AvgIpc) is 2.07. The SMILES string of the molecule is C[C@H](c1ccc(F)c(F)c1)C(C)(C)O. The predicted octanol–water partition coefficient (Wildman–Crippen LogP) is 2.84. The monoisotopic (exact) mass is 200 g/mol. The molecule has 0 fully saturated rings. The Labute approximate surface area is 82.4 Å². The lowest BCUT2D eigenvalue weighted by molar-refractivity contribution is 0.0557. The van der Waals surface area contributed by atoms with E-state index in [4.69, 9.17) is 0 Å². The van der Waals surface area contributed by atoms with E-state index in [1.165, 1.54) is 6.07 Å². The van der Waals surface area contributed by atoms with Crippen molar-refractivity contribution in [1.82, 2.24) is 0 Å². The van der Waals surface area contributed by atoms with E-state index >= 15 is 0 Å². The first-order valence-corrected chi connectivity index (χ1v) is 4.49. The van der Waals surface area contributed by atoms with Crippen LogP contribution in [0.25, 0.3) is 0 Å². The summed E-state index contributed by atoms with van der Waals surface area (Å²) in [5, 5.41) is 9.68. The molecule has 0 unspecified atom stereocenters. The van der Waals surface area contributed by atoms with Crippen LogP contribution in [0.1, 0.15) is 32.3 Å². The first kappa shape index (κ1) is 11.1. The third-order valence-electron chi connectivity index (χ3n) is 2.50. The van der Waals surface area contributed by atoms with Crippen molar-refractivity contribution in [3.05, 3.63) is 35.4 Å². The Hall–Kier alpha value is -0.960. The highest BCUT2D eigenvalue weighted by atomic mass is 19.2. The van der Waals surface area contributed by atoms with Gasteiger partial charge in [-0.2, -0.15) is 0 Å². The molecule has 0 aliphatic heterocycles. The Morgan fingerprint density at radius 1 is 1.21 bits per heavy atom. The molecular formula is C11H14F2O. The Bertz CT molecular complexity index is 329. The summed E-state index contributed by atoms with van der Waals surface area (Å²) in [5.41, 5.74) is -0.346. The van der Waals surface area contributed by atoms with Gasteiger partial charge in [-0.25, -0.2) is 8.78 Å². The van der Waals surface area contributed by atoms with Crippen molar-refractivity contribution in [3.8, 4) is 0 Å². The highest BCUT2D eigenvalue weighted by Gasteiger charge is 2.24. The summed E-state index contributed by atoms with van der Waals surface area (Å²) < 4.78 is 25.5. The van der Waals surface area contributed by atoms with Crippen LogP contribution in [0.4, 0.5) is 8.78 Å². The minimum absolute atomic E-state index is 0.238. The van der Waals surface area contributed by atoms with Crippen molar-refractivity contribution >= 4 is 0 Å². The molecule has 1 aromatic carbocycles. The van der Waals surface area contributed by atoms with E-state index in [9.17, 15) is 13.9 Å². The van der Waals surface area contributed by atoms with Crippen LogP contribution in [0.5, 0.6) is 0 Å². The summed E-state index contributed by atoms with van der Waals surface area (Å²) in [7, 11) is 0. The maximum absolute atomic E-state index is 12.9. The van der Waals surface area contributed by atoms with Crippen LogP contribution >= 0.6 is 0 Å². The molecule has 0 saturated carbocycles. The van der Waals surface area contributed by atoms with Gasteiger partial charge in [0.15, 0.2) is 11.6 Å². The number of hydrogen-bond acceptors (Lipinski definition) is 1. The van der Waals surface area contributed by atoms with Crippen LogP contribution in [0, 0.1) is 11.6 Å². The third kappa shape index (κ3) is 2.29. The molecule has 1 nitrogen and oxygen atoms in total. The largest absolute Gasteiger partial charge is 0.390 e. The topological polar surface area (TPSA) is 20.2 Å². The highest BCUT2D eigenvalue weighted by molar-refractivity contribution is 5.23. The number of hydrogen-bond donors (Lipinski definition) is 1. The molecule has 78 valence electrons. The zero-order chi connectivity index (χ0) is 10.9. The number of halogens is 2. The van der Waals surface area contributed by atoms with Crippen molar-refractivity contribution in [2.24, 2.45) is 0 Å². The molecule has 0 aliphatic carbocycles. The van der Waals surface area contributed by atoms with E-state index < -0.39 is 17.2 Å². The molecule has 1 rings (SSSR count). The second-order valence-electron chi connectivity index (χ2n) is 4.05. The van der Waals surface area contributed by atoms with Gasteiger partial charge in [-0.05, 0) is 31.5 Å². The van der Waals surface area contributed by atoms with Crippen molar-refractivity contribution in [3.63, 3.8) is 0 Å². The lowest BCUT2D eigenvalue weighted by Crippen LogP contribution is -2.26. The minimum atomic E-state index is -0.940. The van der Waals surface area contributed by atoms with Gasteiger partial charge in [0.1, 0.15) is 0 Å². The Balaban J connectivity index is 3.03. The van der Waals surface area contributed by atoms with Gasteiger partial charge in [0.2, 0.25) is 0 Å². The van der Waals surface area contributed by atoms with Gasteiger partial charge in [0.05, 0.1) is 5.60 Å². The van der Waals surface area contributed by atoms with Gasteiger partial charge < -0.3 is 5.11 Å². The molecule has 0 heterocycles. The van der Waals surface area contributed by atoms with Gasteiger partial charge in [0.25, 0.3) is 0 Å². The van der Waals surface area contributed by atoms with Crippen molar-refractivity contribution in [2.75, 3.05) is 0 Å². The van der Waals surface area contributed by atoms with E-state index in [0.717, 1.165) is 12.1 Å². The first-order valence-electron chi connectivity index (χ1n) is 4.49. The molecule has 1 N–H and O–H groups in total. The van der Waals surface area contributed by atoms with Gasteiger partial charge in [-0.3, -0.25) is 0 Å². The Kier molecular flexibility index (Phi) is 2.90.